The van der Waals surface area contributed by atoms with Gasteiger partial charge in [-0.2, -0.15) is 9.61 Å². The lowest BCUT2D eigenvalue weighted by Crippen LogP contribution is -2.52. The molecule has 8 nitrogen and oxygen atoms in total. The van der Waals surface area contributed by atoms with Crippen LogP contribution in [-0.4, -0.2) is 49.8 Å². The molecule has 174 valence electrons. The quantitative estimate of drug-likeness (QED) is 0.447. The van der Waals surface area contributed by atoms with Crippen molar-refractivity contribution in [2.45, 2.75) is 31.3 Å². The molecule has 0 spiro atoms. The molecule has 34 heavy (non-hydrogen) atoms. The molecule has 6 rings (SSSR count). The number of benzene rings is 1. The van der Waals surface area contributed by atoms with E-state index < -0.39 is 24.1 Å². The predicted molar refractivity (Wildman–Crippen MR) is 122 cm³/mol. The van der Waals surface area contributed by atoms with Gasteiger partial charge in [-0.25, -0.2) is 13.8 Å². The first kappa shape index (κ1) is 21.2. The number of primary amides is 1. The fourth-order valence-electron chi connectivity index (χ4n) is 4.63. The second-order valence-corrected chi connectivity index (χ2v) is 9.15. The molecular formula is C23H19ClF2N6O2. The lowest BCUT2D eigenvalue weighted by Gasteiger charge is -2.39. The van der Waals surface area contributed by atoms with Gasteiger partial charge < -0.3 is 15.7 Å². The molecule has 4 heterocycles. The molecule has 0 radical (unpaired) electrons. The number of hydrogen-bond acceptors (Lipinski definition) is 6. The number of rotatable bonds is 5. The van der Waals surface area contributed by atoms with Crippen LogP contribution in [0.3, 0.4) is 0 Å². The van der Waals surface area contributed by atoms with E-state index in [2.05, 4.69) is 10.1 Å². The molecular weight excluding hydrogens is 466 g/mol. The van der Waals surface area contributed by atoms with E-state index in [4.69, 9.17) is 22.3 Å². The standard InChI is InChI=1S/C23H19ClF2N6O2/c24-11-3-4-13-14(5-6-28-15(13)7-11)16-18(10-1-2-10)29-22-17(21(27)34)19(20(25)26)30-32(22)23(16)31-8-12(33)9-31/h3-7,10,12,20,33H,1-2,8-9H2,(H2,27,34). The van der Waals surface area contributed by atoms with Crippen LogP contribution in [0.15, 0.2) is 30.5 Å². The summed E-state index contributed by atoms with van der Waals surface area (Å²) >= 11 is 6.18. The van der Waals surface area contributed by atoms with E-state index in [1.54, 1.807) is 18.3 Å². The third-order valence-corrected chi connectivity index (χ3v) is 6.58. The summed E-state index contributed by atoms with van der Waals surface area (Å²) in [5.74, 6) is -0.411. The van der Waals surface area contributed by atoms with Gasteiger partial charge in [-0.1, -0.05) is 17.7 Å². The lowest BCUT2D eigenvalue weighted by atomic mass is 9.96. The van der Waals surface area contributed by atoms with Crippen molar-refractivity contribution in [3.63, 3.8) is 0 Å². The Morgan fingerprint density at radius 3 is 2.65 bits per heavy atom. The molecule has 11 heteroatoms. The van der Waals surface area contributed by atoms with Crippen molar-refractivity contribution in [1.29, 1.82) is 0 Å². The first-order valence-corrected chi connectivity index (χ1v) is 11.2. The van der Waals surface area contributed by atoms with Gasteiger partial charge in [-0.05, 0) is 36.6 Å². The number of fused-ring (bicyclic) bond motifs is 2. The average molecular weight is 485 g/mol. The van der Waals surface area contributed by atoms with Crippen LogP contribution in [0.25, 0.3) is 27.7 Å². The van der Waals surface area contributed by atoms with Crippen molar-refractivity contribution in [2.24, 2.45) is 5.73 Å². The van der Waals surface area contributed by atoms with Crippen molar-refractivity contribution < 1.29 is 18.7 Å². The Kier molecular flexibility index (Phi) is 4.72. The zero-order valence-electron chi connectivity index (χ0n) is 17.8. The van der Waals surface area contributed by atoms with Crippen LogP contribution in [0, 0.1) is 0 Å². The number of nitrogens with two attached hydrogens (primary N) is 1. The van der Waals surface area contributed by atoms with Crippen LogP contribution in [-0.2, 0) is 0 Å². The molecule has 2 fully saturated rings. The number of hydrogen-bond donors (Lipinski definition) is 2. The van der Waals surface area contributed by atoms with Crippen molar-refractivity contribution in [3.8, 4) is 11.1 Å². The molecule has 1 saturated carbocycles. The van der Waals surface area contributed by atoms with Crippen LogP contribution in [0.1, 0.15) is 46.9 Å². The summed E-state index contributed by atoms with van der Waals surface area (Å²) in [6.45, 7) is 0.585. The Morgan fingerprint density at radius 2 is 2.00 bits per heavy atom. The number of halogens is 3. The summed E-state index contributed by atoms with van der Waals surface area (Å²) in [5, 5.41) is 15.5. The average Bonchev–Trinajstić information content (AvgIpc) is 3.54. The maximum atomic E-state index is 13.9. The molecule has 1 aliphatic carbocycles. The highest BCUT2D eigenvalue weighted by molar-refractivity contribution is 6.31. The van der Waals surface area contributed by atoms with E-state index in [9.17, 15) is 18.7 Å². The zero-order chi connectivity index (χ0) is 23.7. The third-order valence-electron chi connectivity index (χ3n) is 6.35. The van der Waals surface area contributed by atoms with Crippen molar-refractivity contribution >= 4 is 39.9 Å². The van der Waals surface area contributed by atoms with Gasteiger partial charge in [0.05, 0.1) is 17.3 Å². The highest BCUT2D eigenvalue weighted by atomic mass is 35.5. The minimum atomic E-state index is -3.00. The van der Waals surface area contributed by atoms with Crippen LogP contribution >= 0.6 is 11.6 Å². The number of amides is 1. The minimum absolute atomic E-state index is 0.00578. The number of nitrogens with zero attached hydrogens (tertiary/aromatic N) is 5. The number of carbonyl (C=O) groups is 1. The molecule has 1 amide bonds. The summed E-state index contributed by atoms with van der Waals surface area (Å²) in [6.07, 6.45) is -0.139. The predicted octanol–water partition coefficient (Wildman–Crippen LogP) is 3.69. The normalized spacial score (nSPS) is 16.6. The summed E-state index contributed by atoms with van der Waals surface area (Å²) < 4.78 is 29.0. The molecule has 0 unspecified atom stereocenters. The molecule has 1 aliphatic heterocycles. The van der Waals surface area contributed by atoms with E-state index in [0.717, 1.165) is 29.4 Å². The smallest absolute Gasteiger partial charge is 0.283 e. The first-order chi connectivity index (χ1) is 16.3. The highest BCUT2D eigenvalue weighted by Crippen LogP contribution is 2.49. The first-order valence-electron chi connectivity index (χ1n) is 10.9. The Bertz CT molecular complexity index is 1480. The number of aliphatic hydroxyl groups excluding tert-OH is 1. The third kappa shape index (κ3) is 3.20. The number of pyridine rings is 1. The topological polar surface area (TPSA) is 110 Å². The van der Waals surface area contributed by atoms with E-state index in [1.807, 2.05) is 17.0 Å². The fourth-order valence-corrected chi connectivity index (χ4v) is 4.79. The van der Waals surface area contributed by atoms with E-state index in [-0.39, 0.29) is 17.1 Å². The summed E-state index contributed by atoms with van der Waals surface area (Å²) in [6, 6.07) is 7.22. The highest BCUT2D eigenvalue weighted by Gasteiger charge is 2.38. The number of aliphatic hydroxyl groups is 1. The van der Waals surface area contributed by atoms with Crippen molar-refractivity contribution in [1.82, 2.24) is 19.6 Å². The van der Waals surface area contributed by atoms with E-state index >= 15 is 0 Å². The number of carbonyl (C=O) groups excluding carboxylic acids is 1. The fraction of sp³-hybridized carbons (Fsp3) is 0.304. The van der Waals surface area contributed by atoms with Gasteiger partial charge in [0.2, 0.25) is 0 Å². The van der Waals surface area contributed by atoms with Crippen molar-refractivity contribution in [3.05, 3.63) is 52.4 Å². The van der Waals surface area contributed by atoms with E-state index in [0.29, 0.717) is 35.1 Å². The second kappa shape index (κ2) is 7.57. The Balaban J connectivity index is 1.75. The van der Waals surface area contributed by atoms with Gasteiger partial charge in [0, 0.05) is 41.2 Å². The number of anilines is 1. The minimum Gasteiger partial charge on any atom is -0.389 e. The summed E-state index contributed by atoms with van der Waals surface area (Å²) in [7, 11) is 0. The Labute approximate surface area is 197 Å². The Hall–Kier alpha value is -3.37. The van der Waals surface area contributed by atoms with Gasteiger partial charge in [-0.3, -0.25) is 9.78 Å². The van der Waals surface area contributed by atoms with Crippen LogP contribution in [0.5, 0.6) is 0 Å². The molecule has 3 N–H and O–H groups in total. The van der Waals surface area contributed by atoms with Crippen LogP contribution < -0.4 is 10.6 Å². The maximum absolute atomic E-state index is 13.9. The zero-order valence-corrected chi connectivity index (χ0v) is 18.5. The van der Waals surface area contributed by atoms with Gasteiger partial charge in [0.15, 0.2) is 5.65 Å². The monoisotopic (exact) mass is 484 g/mol. The number of alkyl halides is 2. The van der Waals surface area contributed by atoms with Gasteiger partial charge in [-0.15, -0.1) is 0 Å². The molecule has 4 aromatic rings. The van der Waals surface area contributed by atoms with Crippen molar-refractivity contribution in [2.75, 3.05) is 18.0 Å². The molecule has 1 aromatic carbocycles. The lowest BCUT2D eigenvalue weighted by molar-refractivity contribution is 0.0986. The maximum Gasteiger partial charge on any atom is 0.283 e. The molecule has 2 aliphatic rings. The van der Waals surface area contributed by atoms with Gasteiger partial charge in [0.1, 0.15) is 17.1 Å². The van der Waals surface area contributed by atoms with E-state index in [1.165, 1.54) is 4.52 Å². The van der Waals surface area contributed by atoms with Crippen LogP contribution in [0.2, 0.25) is 5.02 Å². The molecule has 3 aromatic heterocycles. The number of aromatic nitrogens is 4. The van der Waals surface area contributed by atoms with Gasteiger partial charge >= 0.3 is 0 Å². The summed E-state index contributed by atoms with van der Waals surface area (Å²) in [5.41, 5.74) is 7.30. The SMILES string of the molecule is NC(=O)c1c(C(F)F)nn2c(N3CC(O)C3)c(-c3ccnc4cc(Cl)ccc34)c(C3CC3)nc12. The summed E-state index contributed by atoms with van der Waals surface area (Å²) in [4.78, 5) is 23.2. The second-order valence-electron chi connectivity index (χ2n) is 8.71. The molecule has 1 saturated heterocycles. The molecule has 0 bridgehead atoms. The number of β-amino-alcohol motifs (C(OH)–C–C–N with tert-alkyl or cyclic N) is 1. The molecule has 0 atom stereocenters. The van der Waals surface area contributed by atoms with Crippen LogP contribution in [0.4, 0.5) is 14.6 Å². The largest absolute Gasteiger partial charge is 0.389 e. The van der Waals surface area contributed by atoms with Gasteiger partial charge in [0.25, 0.3) is 12.3 Å². The Morgan fingerprint density at radius 1 is 1.24 bits per heavy atom.